The maximum atomic E-state index is 10.4. The van der Waals surface area contributed by atoms with Gasteiger partial charge in [-0.15, -0.1) is 0 Å². The molecule has 1 saturated carbocycles. The highest BCUT2D eigenvalue weighted by Gasteiger charge is 2.29. The maximum Gasteiger partial charge on any atom is 0.321 e. The van der Waals surface area contributed by atoms with Gasteiger partial charge in [0.25, 0.3) is 0 Å². The minimum atomic E-state index is -0.908. The van der Waals surface area contributed by atoms with Crippen molar-refractivity contribution in [2.75, 3.05) is 13.1 Å². The first-order valence-corrected chi connectivity index (χ1v) is 4.37. The van der Waals surface area contributed by atoms with Gasteiger partial charge in [0.05, 0.1) is 0 Å². The van der Waals surface area contributed by atoms with Gasteiger partial charge in [0.1, 0.15) is 6.04 Å². The zero-order valence-electron chi connectivity index (χ0n) is 7.36. The molecule has 0 aromatic carbocycles. The van der Waals surface area contributed by atoms with Crippen LogP contribution < -0.4 is 5.73 Å². The molecule has 1 atom stereocenters. The summed E-state index contributed by atoms with van der Waals surface area (Å²) in [4.78, 5) is 12.6. The van der Waals surface area contributed by atoms with Crippen molar-refractivity contribution in [2.24, 2.45) is 5.73 Å². The first-order chi connectivity index (χ1) is 5.65. The zero-order chi connectivity index (χ0) is 9.14. The highest BCUT2D eigenvalue weighted by atomic mass is 16.4. The van der Waals surface area contributed by atoms with Gasteiger partial charge in [0.15, 0.2) is 0 Å². The van der Waals surface area contributed by atoms with Crippen molar-refractivity contribution in [2.45, 2.75) is 31.8 Å². The molecule has 0 aromatic heterocycles. The van der Waals surface area contributed by atoms with Crippen LogP contribution in [-0.2, 0) is 4.79 Å². The third kappa shape index (κ3) is 2.46. The average molecular weight is 172 g/mol. The number of hydrogen-bond donors (Lipinski definition) is 2. The number of rotatable bonds is 5. The third-order valence-electron chi connectivity index (χ3n) is 2.22. The van der Waals surface area contributed by atoms with Crippen molar-refractivity contribution in [1.29, 1.82) is 0 Å². The lowest BCUT2D eigenvalue weighted by Gasteiger charge is -2.21. The molecule has 70 valence electrons. The van der Waals surface area contributed by atoms with Crippen LogP contribution in [0.3, 0.4) is 0 Å². The Bertz CT molecular complexity index is 168. The Morgan fingerprint density at radius 1 is 1.75 bits per heavy atom. The number of carboxylic acid groups (broad SMARTS) is 1. The molecule has 1 aliphatic carbocycles. The second-order valence-electron chi connectivity index (χ2n) is 3.26. The van der Waals surface area contributed by atoms with Gasteiger partial charge in [-0.25, -0.2) is 0 Å². The van der Waals surface area contributed by atoms with E-state index >= 15 is 0 Å². The molecule has 0 amide bonds. The summed E-state index contributed by atoms with van der Waals surface area (Å²) in [5, 5.41) is 8.58. The summed E-state index contributed by atoms with van der Waals surface area (Å²) >= 11 is 0. The molecule has 0 radical (unpaired) electrons. The van der Waals surface area contributed by atoms with E-state index in [1.165, 1.54) is 12.8 Å². The van der Waals surface area contributed by atoms with Gasteiger partial charge in [-0.3, -0.25) is 9.69 Å². The lowest BCUT2D eigenvalue weighted by molar-refractivity contribution is -0.139. The Morgan fingerprint density at radius 3 is 2.67 bits per heavy atom. The van der Waals surface area contributed by atoms with Gasteiger partial charge in [0.2, 0.25) is 0 Å². The number of nitrogens with zero attached hydrogens (tertiary/aromatic N) is 1. The Hall–Kier alpha value is -0.610. The molecule has 0 aromatic rings. The van der Waals surface area contributed by atoms with Crippen LogP contribution in [0.1, 0.15) is 19.8 Å². The lowest BCUT2D eigenvalue weighted by atomic mass is 10.3. The highest BCUT2D eigenvalue weighted by molar-refractivity contribution is 5.73. The normalized spacial score (nSPS) is 19.6. The van der Waals surface area contributed by atoms with E-state index in [4.69, 9.17) is 10.8 Å². The Labute approximate surface area is 72.3 Å². The van der Waals surface area contributed by atoms with E-state index in [2.05, 4.69) is 4.90 Å². The van der Waals surface area contributed by atoms with E-state index in [0.29, 0.717) is 12.6 Å². The first-order valence-electron chi connectivity index (χ1n) is 4.37. The largest absolute Gasteiger partial charge is 0.480 e. The van der Waals surface area contributed by atoms with Crippen LogP contribution in [0.25, 0.3) is 0 Å². The Morgan fingerprint density at radius 2 is 2.33 bits per heavy atom. The first kappa shape index (κ1) is 9.48. The number of aliphatic carboxylic acids is 1. The SMILES string of the molecule is CCN(CC(N)C(=O)O)C1CC1. The Balaban J connectivity index is 2.30. The summed E-state index contributed by atoms with van der Waals surface area (Å²) in [5.41, 5.74) is 5.42. The third-order valence-corrected chi connectivity index (χ3v) is 2.22. The van der Waals surface area contributed by atoms with Crippen molar-refractivity contribution in [3.05, 3.63) is 0 Å². The van der Waals surface area contributed by atoms with E-state index in [-0.39, 0.29) is 0 Å². The van der Waals surface area contributed by atoms with E-state index in [0.717, 1.165) is 6.54 Å². The van der Waals surface area contributed by atoms with Crippen LogP contribution in [0.2, 0.25) is 0 Å². The van der Waals surface area contributed by atoms with Gasteiger partial charge >= 0.3 is 5.97 Å². The molecule has 4 heteroatoms. The zero-order valence-corrected chi connectivity index (χ0v) is 7.36. The maximum absolute atomic E-state index is 10.4. The van der Waals surface area contributed by atoms with Crippen LogP contribution in [0.4, 0.5) is 0 Å². The van der Waals surface area contributed by atoms with Crippen LogP contribution in [-0.4, -0.2) is 41.1 Å². The van der Waals surface area contributed by atoms with Gasteiger partial charge < -0.3 is 10.8 Å². The summed E-state index contributed by atoms with van der Waals surface area (Å²) in [6, 6.07) is -0.133. The summed E-state index contributed by atoms with van der Waals surface area (Å²) in [6.07, 6.45) is 2.39. The average Bonchev–Trinajstić information content (AvgIpc) is 2.82. The topological polar surface area (TPSA) is 66.6 Å². The van der Waals surface area contributed by atoms with E-state index in [9.17, 15) is 4.79 Å². The fourth-order valence-corrected chi connectivity index (χ4v) is 1.31. The molecule has 1 aliphatic rings. The molecule has 1 rings (SSSR count). The number of carbonyl (C=O) groups is 1. The molecular formula is C8H16N2O2. The van der Waals surface area contributed by atoms with E-state index < -0.39 is 12.0 Å². The molecule has 0 heterocycles. The fraction of sp³-hybridized carbons (Fsp3) is 0.875. The second-order valence-corrected chi connectivity index (χ2v) is 3.26. The Kier molecular flexibility index (Phi) is 3.05. The van der Waals surface area contributed by atoms with Crippen LogP contribution >= 0.6 is 0 Å². The minimum Gasteiger partial charge on any atom is -0.480 e. The number of hydrogen-bond acceptors (Lipinski definition) is 3. The summed E-state index contributed by atoms with van der Waals surface area (Å²) in [6.45, 7) is 3.41. The summed E-state index contributed by atoms with van der Waals surface area (Å²) < 4.78 is 0. The second kappa shape index (κ2) is 3.87. The standard InChI is InChI=1S/C8H16N2O2/c1-2-10(6-3-4-6)5-7(9)8(11)12/h6-7H,2-5,9H2,1H3,(H,11,12). The van der Waals surface area contributed by atoms with Crippen LogP contribution in [0.5, 0.6) is 0 Å². The smallest absolute Gasteiger partial charge is 0.321 e. The van der Waals surface area contributed by atoms with Gasteiger partial charge in [-0.1, -0.05) is 6.92 Å². The molecule has 1 fully saturated rings. The van der Waals surface area contributed by atoms with Crippen LogP contribution in [0, 0.1) is 0 Å². The van der Waals surface area contributed by atoms with Gasteiger partial charge in [-0.05, 0) is 19.4 Å². The lowest BCUT2D eigenvalue weighted by Crippen LogP contribution is -2.43. The summed E-state index contributed by atoms with van der Waals surface area (Å²) in [5.74, 6) is -0.908. The number of likely N-dealkylation sites (N-methyl/N-ethyl adjacent to an activating group) is 1. The van der Waals surface area contributed by atoms with Crippen molar-refractivity contribution < 1.29 is 9.90 Å². The molecule has 0 saturated heterocycles. The molecular weight excluding hydrogens is 156 g/mol. The van der Waals surface area contributed by atoms with Crippen molar-refractivity contribution >= 4 is 5.97 Å². The minimum absolute atomic E-state index is 0.483. The fourth-order valence-electron chi connectivity index (χ4n) is 1.31. The van der Waals surface area contributed by atoms with E-state index in [1.807, 2.05) is 6.92 Å². The highest BCUT2D eigenvalue weighted by Crippen LogP contribution is 2.26. The molecule has 0 bridgehead atoms. The molecule has 1 unspecified atom stereocenters. The molecule has 3 N–H and O–H groups in total. The molecule has 0 spiro atoms. The van der Waals surface area contributed by atoms with Gasteiger partial charge in [-0.2, -0.15) is 0 Å². The van der Waals surface area contributed by atoms with E-state index in [1.54, 1.807) is 0 Å². The monoisotopic (exact) mass is 172 g/mol. The molecule has 0 aliphatic heterocycles. The van der Waals surface area contributed by atoms with Crippen LogP contribution in [0.15, 0.2) is 0 Å². The van der Waals surface area contributed by atoms with Gasteiger partial charge in [0, 0.05) is 12.6 Å². The van der Waals surface area contributed by atoms with Crippen molar-refractivity contribution in [1.82, 2.24) is 4.90 Å². The molecule has 4 nitrogen and oxygen atoms in total. The number of nitrogens with two attached hydrogens (primary N) is 1. The number of carboxylic acids is 1. The van der Waals surface area contributed by atoms with Crippen molar-refractivity contribution in [3.63, 3.8) is 0 Å². The quantitative estimate of drug-likeness (QED) is 0.607. The summed E-state index contributed by atoms with van der Waals surface area (Å²) in [7, 11) is 0. The van der Waals surface area contributed by atoms with Crippen molar-refractivity contribution in [3.8, 4) is 0 Å². The molecule has 12 heavy (non-hydrogen) atoms. The predicted octanol–water partition coefficient (Wildman–Crippen LogP) is -0.117. The predicted molar refractivity (Wildman–Crippen MR) is 45.9 cm³/mol.